The van der Waals surface area contributed by atoms with E-state index in [0.29, 0.717) is 29.0 Å². The molecule has 182 valence electrons. The fraction of sp³-hybridized carbons (Fsp3) is 0.391. The van der Waals surface area contributed by atoms with Crippen LogP contribution in [0, 0.1) is 18.3 Å². The molecular weight excluding hydrogens is 512 g/mol. The van der Waals surface area contributed by atoms with Crippen molar-refractivity contribution < 1.29 is 13.2 Å². The van der Waals surface area contributed by atoms with E-state index in [9.17, 15) is 13.7 Å². The van der Waals surface area contributed by atoms with Crippen LogP contribution in [0.15, 0.2) is 41.3 Å². The van der Waals surface area contributed by atoms with Gasteiger partial charge >= 0.3 is 0 Å². The van der Waals surface area contributed by atoms with Crippen molar-refractivity contribution in [2.24, 2.45) is 0 Å². The predicted molar refractivity (Wildman–Crippen MR) is 141 cm³/mol. The van der Waals surface area contributed by atoms with Crippen molar-refractivity contribution >= 4 is 50.7 Å². The van der Waals surface area contributed by atoms with Gasteiger partial charge in [-0.2, -0.15) is 21.3 Å². The summed E-state index contributed by atoms with van der Waals surface area (Å²) < 4.78 is 34.5. The molecule has 0 bridgehead atoms. The number of ether oxygens (including phenoxy) is 1. The van der Waals surface area contributed by atoms with Gasteiger partial charge in [-0.15, -0.1) is 0 Å². The van der Waals surface area contributed by atoms with E-state index >= 15 is 0 Å². The average Bonchev–Trinajstić information content (AvgIpc) is 2.81. The molecule has 0 unspecified atom stereocenters. The molecule has 1 N–H and O–H groups in total. The van der Waals surface area contributed by atoms with Gasteiger partial charge in [0.2, 0.25) is 10.0 Å². The molecule has 0 atom stereocenters. The number of thioether (sulfide) groups is 1. The monoisotopic (exact) mass is 538 g/mol. The summed E-state index contributed by atoms with van der Waals surface area (Å²) in [7, 11) is -3.91. The third kappa shape index (κ3) is 6.77. The summed E-state index contributed by atoms with van der Waals surface area (Å²) in [5.41, 5.74) is 1.12. The van der Waals surface area contributed by atoms with Crippen LogP contribution in [0.25, 0.3) is 0 Å². The van der Waals surface area contributed by atoms with Crippen molar-refractivity contribution in [1.29, 1.82) is 5.26 Å². The van der Waals surface area contributed by atoms with Gasteiger partial charge in [-0.1, -0.05) is 11.6 Å². The first-order valence-corrected chi connectivity index (χ1v) is 14.4. The Morgan fingerprint density at radius 3 is 2.62 bits per heavy atom. The Bertz CT molecular complexity index is 1160. The van der Waals surface area contributed by atoms with E-state index in [1.165, 1.54) is 22.5 Å². The highest BCUT2D eigenvalue weighted by atomic mass is 35.5. The molecule has 0 aromatic heterocycles. The van der Waals surface area contributed by atoms with Crippen LogP contribution < -0.4 is 10.1 Å². The van der Waals surface area contributed by atoms with Gasteiger partial charge in [-0.05, 0) is 79.5 Å². The molecule has 34 heavy (non-hydrogen) atoms. The number of aryl methyl sites for hydroxylation is 1. The first-order chi connectivity index (χ1) is 16.2. The van der Waals surface area contributed by atoms with E-state index in [0.717, 1.165) is 24.3 Å². The summed E-state index contributed by atoms with van der Waals surface area (Å²) in [6.45, 7) is 4.19. The molecule has 1 saturated heterocycles. The zero-order chi connectivity index (χ0) is 24.7. The highest BCUT2D eigenvalue weighted by Gasteiger charge is 2.32. The molecule has 2 aromatic carbocycles. The van der Waals surface area contributed by atoms with Crippen molar-refractivity contribution in [3.05, 3.63) is 52.5 Å². The van der Waals surface area contributed by atoms with Gasteiger partial charge < -0.3 is 15.0 Å². The molecule has 0 saturated carbocycles. The number of nitrogens with zero attached hydrogens (tertiary/aromatic N) is 3. The lowest BCUT2D eigenvalue weighted by atomic mass is 10.2. The second kappa shape index (κ2) is 12.1. The van der Waals surface area contributed by atoms with Crippen LogP contribution in [0.1, 0.15) is 17.5 Å². The predicted octanol–water partition coefficient (Wildman–Crippen LogP) is 4.25. The third-order valence-electron chi connectivity index (χ3n) is 5.26. The van der Waals surface area contributed by atoms with Crippen LogP contribution in [0.4, 0.5) is 0 Å². The Morgan fingerprint density at radius 2 is 1.97 bits per heavy atom. The zero-order valence-corrected chi connectivity index (χ0v) is 22.3. The van der Waals surface area contributed by atoms with Gasteiger partial charge in [-0.3, -0.25) is 0 Å². The molecule has 2 aromatic rings. The molecular formula is C23H27ClN4O3S3. The highest BCUT2D eigenvalue weighted by Crippen LogP contribution is 2.33. The number of rotatable bonds is 8. The van der Waals surface area contributed by atoms with Gasteiger partial charge in [0.1, 0.15) is 16.4 Å². The maximum atomic E-state index is 13.6. The third-order valence-corrected chi connectivity index (χ3v) is 8.50. The van der Waals surface area contributed by atoms with Crippen LogP contribution in [-0.2, 0) is 10.0 Å². The van der Waals surface area contributed by atoms with Crippen molar-refractivity contribution in [2.45, 2.75) is 18.2 Å². The smallest absolute Gasteiger partial charge is 0.246 e. The molecule has 1 heterocycles. The van der Waals surface area contributed by atoms with Gasteiger partial charge in [0.15, 0.2) is 5.11 Å². The standard InChI is InChI=1S/C23H27ClN4O3S3/c1-17-12-19(24)15-20(13-17)31-21-5-4-18(16-25)14-22(21)34(29,30)28-9-7-27(8-10-28)23(32)26-6-3-11-33-2/h4-5,12-15H,3,6-11H2,1-2H3,(H,26,32). The van der Waals surface area contributed by atoms with Crippen LogP contribution in [0.5, 0.6) is 11.5 Å². The molecule has 0 radical (unpaired) electrons. The first-order valence-electron chi connectivity index (χ1n) is 10.8. The van der Waals surface area contributed by atoms with Crippen molar-refractivity contribution in [3.8, 4) is 17.6 Å². The van der Waals surface area contributed by atoms with Gasteiger partial charge in [0.25, 0.3) is 0 Å². The molecule has 3 rings (SSSR count). The topological polar surface area (TPSA) is 85.7 Å². The number of thiocarbonyl (C=S) groups is 1. The number of nitriles is 1. The SMILES string of the molecule is CSCCCNC(=S)N1CCN(S(=O)(=O)c2cc(C#N)ccc2Oc2cc(C)cc(Cl)c2)CC1. The summed E-state index contributed by atoms with van der Waals surface area (Å²) in [5.74, 6) is 1.63. The minimum absolute atomic E-state index is 0.0459. The molecule has 1 fully saturated rings. The first kappa shape index (κ1) is 26.6. The van der Waals surface area contributed by atoms with Crippen molar-refractivity contribution in [3.63, 3.8) is 0 Å². The Labute approximate surface area is 216 Å². The minimum atomic E-state index is -3.91. The Balaban J connectivity index is 1.77. The number of halogens is 1. The number of sulfonamides is 1. The second-order valence-electron chi connectivity index (χ2n) is 7.81. The Morgan fingerprint density at radius 1 is 1.24 bits per heavy atom. The van der Waals surface area contributed by atoms with E-state index in [1.54, 1.807) is 30.0 Å². The van der Waals surface area contributed by atoms with Gasteiger partial charge in [-0.25, -0.2) is 8.42 Å². The largest absolute Gasteiger partial charge is 0.456 e. The van der Waals surface area contributed by atoms with E-state index in [2.05, 4.69) is 11.6 Å². The minimum Gasteiger partial charge on any atom is -0.456 e. The lowest BCUT2D eigenvalue weighted by Crippen LogP contribution is -2.53. The molecule has 11 heteroatoms. The average molecular weight is 539 g/mol. The van der Waals surface area contributed by atoms with E-state index < -0.39 is 10.0 Å². The van der Waals surface area contributed by atoms with E-state index in [4.69, 9.17) is 28.6 Å². The van der Waals surface area contributed by atoms with Gasteiger partial charge in [0, 0.05) is 37.7 Å². The quantitative estimate of drug-likeness (QED) is 0.394. The lowest BCUT2D eigenvalue weighted by molar-refractivity contribution is 0.263. The second-order valence-corrected chi connectivity index (χ2v) is 11.5. The molecule has 1 aliphatic heterocycles. The molecule has 0 spiro atoms. The number of benzene rings is 2. The zero-order valence-electron chi connectivity index (χ0n) is 19.1. The summed E-state index contributed by atoms with van der Waals surface area (Å²) in [6.07, 6.45) is 3.08. The van der Waals surface area contributed by atoms with Crippen LogP contribution in [0.2, 0.25) is 5.02 Å². The van der Waals surface area contributed by atoms with E-state index in [1.807, 2.05) is 17.9 Å². The summed E-state index contributed by atoms with van der Waals surface area (Å²) in [5, 5.41) is 13.7. The fourth-order valence-corrected chi connectivity index (χ4v) is 6.11. The molecule has 7 nitrogen and oxygen atoms in total. The van der Waals surface area contributed by atoms with E-state index in [-0.39, 0.29) is 29.3 Å². The summed E-state index contributed by atoms with van der Waals surface area (Å²) >= 11 is 13.4. The Hall–Kier alpha value is -2.03. The number of hydrogen-bond acceptors (Lipinski definition) is 6. The van der Waals surface area contributed by atoms with Crippen LogP contribution in [-0.4, -0.2) is 67.5 Å². The molecule has 0 aliphatic carbocycles. The van der Waals surface area contributed by atoms with Crippen molar-refractivity contribution in [1.82, 2.24) is 14.5 Å². The van der Waals surface area contributed by atoms with Crippen molar-refractivity contribution in [2.75, 3.05) is 44.7 Å². The molecule has 1 aliphatic rings. The maximum absolute atomic E-state index is 13.6. The highest BCUT2D eigenvalue weighted by molar-refractivity contribution is 7.98. The summed E-state index contributed by atoms with van der Waals surface area (Å²) in [6, 6.07) is 11.6. The normalized spacial score (nSPS) is 14.5. The lowest BCUT2D eigenvalue weighted by Gasteiger charge is -2.35. The summed E-state index contributed by atoms with van der Waals surface area (Å²) in [4.78, 5) is 1.94. The number of piperazine rings is 1. The van der Waals surface area contributed by atoms with Gasteiger partial charge in [0.05, 0.1) is 11.6 Å². The molecule has 0 amide bonds. The Kier molecular flexibility index (Phi) is 9.45. The maximum Gasteiger partial charge on any atom is 0.246 e. The van der Waals surface area contributed by atoms with Crippen LogP contribution >= 0.6 is 35.6 Å². The number of nitrogens with one attached hydrogen (secondary N) is 1. The fourth-order valence-electron chi connectivity index (χ4n) is 3.55. The van der Waals surface area contributed by atoms with Crippen LogP contribution in [0.3, 0.4) is 0 Å². The number of hydrogen-bond donors (Lipinski definition) is 1.